The molecular weight excluding hydrogens is 362 g/mol. The number of pyridine rings is 1. The number of anilines is 1. The van der Waals surface area contributed by atoms with Crippen LogP contribution >= 0.6 is 11.6 Å². The molecule has 10 heteroatoms. The summed E-state index contributed by atoms with van der Waals surface area (Å²) in [5, 5.41) is 17.3. The molecule has 2 aromatic heterocycles. The Hall–Kier alpha value is -3.33. The summed E-state index contributed by atoms with van der Waals surface area (Å²) in [7, 11) is 0. The van der Waals surface area contributed by atoms with E-state index in [1.54, 1.807) is 24.4 Å². The van der Waals surface area contributed by atoms with Crippen LogP contribution in [-0.4, -0.2) is 26.0 Å². The number of nitro groups is 1. The van der Waals surface area contributed by atoms with Gasteiger partial charge in [0.15, 0.2) is 0 Å². The zero-order valence-electron chi connectivity index (χ0n) is 13.3. The Labute approximate surface area is 152 Å². The minimum Gasteiger partial charge on any atom is -0.339 e. The van der Waals surface area contributed by atoms with Crippen molar-refractivity contribution in [2.45, 2.75) is 12.8 Å². The fourth-order valence-corrected chi connectivity index (χ4v) is 2.32. The lowest BCUT2D eigenvalue weighted by Crippen LogP contribution is -2.12. The highest BCUT2D eigenvalue weighted by Crippen LogP contribution is 2.27. The van der Waals surface area contributed by atoms with Crippen LogP contribution in [-0.2, 0) is 11.2 Å². The van der Waals surface area contributed by atoms with Gasteiger partial charge < -0.3 is 9.84 Å². The Morgan fingerprint density at radius 2 is 2.15 bits per heavy atom. The second-order valence-electron chi connectivity index (χ2n) is 5.20. The second-order valence-corrected chi connectivity index (χ2v) is 5.61. The summed E-state index contributed by atoms with van der Waals surface area (Å²) >= 11 is 5.73. The summed E-state index contributed by atoms with van der Waals surface area (Å²) in [5.74, 6) is 0.288. The summed E-state index contributed by atoms with van der Waals surface area (Å²) in [6.07, 6.45) is 1.91. The van der Waals surface area contributed by atoms with E-state index in [-0.39, 0.29) is 35.1 Å². The van der Waals surface area contributed by atoms with Crippen molar-refractivity contribution in [1.82, 2.24) is 15.1 Å². The Bertz CT molecular complexity index is 945. The number of carbonyl (C=O) groups is 1. The van der Waals surface area contributed by atoms with E-state index in [1.807, 2.05) is 0 Å². The van der Waals surface area contributed by atoms with E-state index in [9.17, 15) is 14.9 Å². The molecule has 1 amide bonds. The van der Waals surface area contributed by atoms with Crippen LogP contribution < -0.4 is 5.32 Å². The van der Waals surface area contributed by atoms with Gasteiger partial charge >= 0.3 is 0 Å². The van der Waals surface area contributed by atoms with Gasteiger partial charge in [0.25, 0.3) is 5.69 Å². The molecule has 0 bridgehead atoms. The lowest BCUT2D eigenvalue weighted by molar-refractivity contribution is -0.384. The first kappa shape index (κ1) is 17.5. The summed E-state index contributed by atoms with van der Waals surface area (Å²) < 4.78 is 5.10. The first-order valence-electron chi connectivity index (χ1n) is 7.51. The molecule has 3 rings (SSSR count). The molecule has 0 aliphatic rings. The number of nitro benzene ring substituents is 1. The SMILES string of the molecule is O=C(CCc1nc(-c2ccccn2)no1)Nc1ccc(Cl)c([N+](=O)[O-])c1. The number of hydrogen-bond acceptors (Lipinski definition) is 7. The quantitative estimate of drug-likeness (QED) is 0.519. The minimum atomic E-state index is -0.616. The highest BCUT2D eigenvalue weighted by molar-refractivity contribution is 6.32. The second kappa shape index (κ2) is 7.70. The van der Waals surface area contributed by atoms with Crippen molar-refractivity contribution >= 4 is 28.9 Å². The molecule has 0 atom stereocenters. The molecule has 1 aromatic carbocycles. The van der Waals surface area contributed by atoms with Crippen LogP contribution in [0.4, 0.5) is 11.4 Å². The van der Waals surface area contributed by atoms with Gasteiger partial charge in [-0.05, 0) is 24.3 Å². The third-order valence-electron chi connectivity index (χ3n) is 3.35. The van der Waals surface area contributed by atoms with Crippen molar-refractivity contribution in [2.24, 2.45) is 0 Å². The molecule has 2 heterocycles. The number of hydrogen-bond donors (Lipinski definition) is 1. The monoisotopic (exact) mass is 373 g/mol. The number of nitrogens with zero attached hydrogens (tertiary/aromatic N) is 4. The summed E-state index contributed by atoms with van der Waals surface area (Å²) in [4.78, 5) is 30.6. The number of amides is 1. The molecule has 9 nitrogen and oxygen atoms in total. The molecule has 132 valence electrons. The van der Waals surface area contributed by atoms with Gasteiger partial charge in [-0.1, -0.05) is 22.8 Å². The number of aromatic nitrogens is 3. The molecule has 0 saturated carbocycles. The average molecular weight is 374 g/mol. The molecule has 0 saturated heterocycles. The number of benzene rings is 1. The van der Waals surface area contributed by atoms with E-state index < -0.39 is 4.92 Å². The first-order valence-corrected chi connectivity index (χ1v) is 7.88. The smallest absolute Gasteiger partial charge is 0.289 e. The minimum absolute atomic E-state index is 0.000842. The summed E-state index contributed by atoms with van der Waals surface area (Å²) in [6, 6.07) is 9.36. The van der Waals surface area contributed by atoms with Crippen molar-refractivity contribution in [2.75, 3.05) is 5.32 Å². The fraction of sp³-hybridized carbons (Fsp3) is 0.125. The van der Waals surface area contributed by atoms with Gasteiger partial charge in [-0.3, -0.25) is 19.9 Å². The highest BCUT2D eigenvalue weighted by Gasteiger charge is 2.15. The molecule has 0 fully saturated rings. The van der Waals surface area contributed by atoms with Crippen LogP contribution in [0, 0.1) is 10.1 Å². The molecule has 0 aliphatic heterocycles. The molecule has 3 aromatic rings. The van der Waals surface area contributed by atoms with Crippen molar-refractivity contribution in [3.63, 3.8) is 0 Å². The van der Waals surface area contributed by atoms with Crippen molar-refractivity contribution < 1.29 is 14.2 Å². The Balaban J connectivity index is 1.59. The number of aryl methyl sites for hydroxylation is 1. The van der Waals surface area contributed by atoms with Gasteiger partial charge in [-0.15, -0.1) is 0 Å². The zero-order chi connectivity index (χ0) is 18.5. The summed E-state index contributed by atoms with van der Waals surface area (Å²) in [5.41, 5.74) is 0.576. The Kier molecular flexibility index (Phi) is 5.18. The van der Waals surface area contributed by atoms with Gasteiger partial charge in [-0.25, -0.2) is 0 Å². The maximum atomic E-state index is 12.0. The molecule has 0 unspecified atom stereocenters. The van der Waals surface area contributed by atoms with Crippen molar-refractivity contribution in [3.8, 4) is 11.5 Å². The van der Waals surface area contributed by atoms with E-state index in [0.717, 1.165) is 0 Å². The number of halogens is 1. The Morgan fingerprint density at radius 1 is 1.31 bits per heavy atom. The fourth-order valence-electron chi connectivity index (χ4n) is 2.13. The van der Waals surface area contributed by atoms with Crippen LogP contribution in [0.3, 0.4) is 0 Å². The van der Waals surface area contributed by atoms with E-state index >= 15 is 0 Å². The standard InChI is InChI=1S/C16H12ClN5O4/c17-11-5-4-10(9-13(11)22(24)25)19-14(23)6-7-15-20-16(21-26-15)12-3-1-2-8-18-12/h1-5,8-9H,6-7H2,(H,19,23). The van der Waals surface area contributed by atoms with Gasteiger partial charge in [-0.2, -0.15) is 4.98 Å². The van der Waals surface area contributed by atoms with E-state index in [0.29, 0.717) is 17.4 Å². The van der Waals surface area contributed by atoms with Crippen molar-refractivity contribution in [3.05, 3.63) is 63.6 Å². The maximum Gasteiger partial charge on any atom is 0.289 e. The van der Waals surface area contributed by atoms with Crippen LogP contribution in [0.25, 0.3) is 11.5 Å². The number of carbonyl (C=O) groups excluding carboxylic acids is 1. The highest BCUT2D eigenvalue weighted by atomic mass is 35.5. The van der Waals surface area contributed by atoms with Gasteiger partial charge in [0.05, 0.1) is 4.92 Å². The van der Waals surface area contributed by atoms with Crippen LogP contribution in [0.15, 0.2) is 47.1 Å². The zero-order valence-corrected chi connectivity index (χ0v) is 14.0. The van der Waals surface area contributed by atoms with E-state index in [4.69, 9.17) is 16.1 Å². The van der Waals surface area contributed by atoms with E-state index in [1.165, 1.54) is 18.2 Å². The molecule has 0 radical (unpaired) electrons. The third kappa shape index (κ3) is 4.19. The third-order valence-corrected chi connectivity index (χ3v) is 3.67. The normalized spacial score (nSPS) is 10.5. The molecular formula is C16H12ClN5O4. The van der Waals surface area contributed by atoms with Gasteiger partial charge in [0.2, 0.25) is 17.6 Å². The van der Waals surface area contributed by atoms with Crippen LogP contribution in [0.1, 0.15) is 12.3 Å². The summed E-state index contributed by atoms with van der Waals surface area (Å²) in [6.45, 7) is 0. The van der Waals surface area contributed by atoms with Gasteiger partial charge in [0.1, 0.15) is 10.7 Å². The largest absolute Gasteiger partial charge is 0.339 e. The number of rotatable bonds is 6. The predicted octanol–water partition coefficient (Wildman–Crippen LogP) is 3.26. The lowest BCUT2D eigenvalue weighted by atomic mass is 10.2. The topological polar surface area (TPSA) is 124 Å². The van der Waals surface area contributed by atoms with Crippen LogP contribution in [0.5, 0.6) is 0 Å². The lowest BCUT2D eigenvalue weighted by Gasteiger charge is -2.04. The van der Waals surface area contributed by atoms with Crippen LogP contribution in [0.2, 0.25) is 5.02 Å². The van der Waals surface area contributed by atoms with Crippen molar-refractivity contribution in [1.29, 1.82) is 0 Å². The maximum absolute atomic E-state index is 12.0. The Morgan fingerprint density at radius 3 is 2.88 bits per heavy atom. The molecule has 26 heavy (non-hydrogen) atoms. The molecule has 0 spiro atoms. The average Bonchev–Trinajstić information content (AvgIpc) is 3.11. The van der Waals surface area contributed by atoms with Gasteiger partial charge in [0, 0.05) is 30.8 Å². The molecule has 0 aliphatic carbocycles. The predicted molar refractivity (Wildman–Crippen MR) is 92.6 cm³/mol. The molecule has 1 N–H and O–H groups in total. The first-order chi connectivity index (χ1) is 12.5. The number of nitrogens with one attached hydrogen (secondary N) is 1. The van der Waals surface area contributed by atoms with E-state index in [2.05, 4.69) is 20.4 Å².